The number of hydrogen-bond donors (Lipinski definition) is 4. The SMILES string of the molecule is Cc1cc(NC(=O)C(C)SCC(=O)NCc2ccc(NC(=O)NC(C)C)cc2)no1. The van der Waals surface area contributed by atoms with Crippen molar-refractivity contribution in [3.05, 3.63) is 41.7 Å². The van der Waals surface area contributed by atoms with Crippen LogP contribution in [-0.2, 0) is 16.1 Å². The summed E-state index contributed by atoms with van der Waals surface area (Å²) in [6.07, 6.45) is 0. The van der Waals surface area contributed by atoms with Crippen LogP contribution in [0, 0.1) is 6.92 Å². The van der Waals surface area contributed by atoms with E-state index in [1.165, 1.54) is 11.8 Å². The summed E-state index contributed by atoms with van der Waals surface area (Å²) in [6, 6.07) is 8.61. The number of urea groups is 1. The Hall–Kier alpha value is -3.01. The van der Waals surface area contributed by atoms with E-state index in [0.717, 1.165) is 5.56 Å². The van der Waals surface area contributed by atoms with Crippen molar-refractivity contribution in [3.63, 3.8) is 0 Å². The van der Waals surface area contributed by atoms with Gasteiger partial charge in [0.25, 0.3) is 0 Å². The Balaban J connectivity index is 1.69. The number of nitrogens with one attached hydrogen (secondary N) is 4. The van der Waals surface area contributed by atoms with Crippen LogP contribution < -0.4 is 21.3 Å². The molecule has 0 fully saturated rings. The first-order valence-corrected chi connectivity index (χ1v) is 10.6. The van der Waals surface area contributed by atoms with E-state index >= 15 is 0 Å². The Morgan fingerprint density at radius 1 is 1.10 bits per heavy atom. The summed E-state index contributed by atoms with van der Waals surface area (Å²) < 4.78 is 4.90. The molecule has 9 nitrogen and oxygen atoms in total. The van der Waals surface area contributed by atoms with Crippen LogP contribution in [0.15, 0.2) is 34.9 Å². The predicted octanol–water partition coefficient (Wildman–Crippen LogP) is 2.89. The molecule has 0 aliphatic rings. The number of thioether (sulfide) groups is 1. The Bertz CT molecular complexity index is 866. The molecule has 1 atom stereocenters. The molecule has 2 rings (SSSR count). The molecule has 30 heavy (non-hydrogen) atoms. The zero-order valence-corrected chi connectivity index (χ0v) is 18.3. The fourth-order valence-corrected chi connectivity index (χ4v) is 3.03. The van der Waals surface area contributed by atoms with Gasteiger partial charge in [-0.15, -0.1) is 11.8 Å². The van der Waals surface area contributed by atoms with E-state index in [1.54, 1.807) is 32.0 Å². The second-order valence-corrected chi connectivity index (χ2v) is 8.32. The number of aryl methyl sites for hydroxylation is 1. The standard InChI is InChI=1S/C20H27N5O4S/c1-12(2)22-20(28)23-16-7-5-15(6-8-16)10-21-18(26)11-30-14(4)19(27)24-17-9-13(3)29-25-17/h5-9,12,14H,10-11H2,1-4H3,(H,21,26)(H2,22,23,28)(H,24,25,27). The van der Waals surface area contributed by atoms with Gasteiger partial charge in [-0.3, -0.25) is 9.59 Å². The van der Waals surface area contributed by atoms with Crippen molar-refractivity contribution in [1.29, 1.82) is 0 Å². The van der Waals surface area contributed by atoms with Gasteiger partial charge in [0.05, 0.1) is 11.0 Å². The highest BCUT2D eigenvalue weighted by Crippen LogP contribution is 2.14. The van der Waals surface area contributed by atoms with E-state index in [-0.39, 0.29) is 29.6 Å². The number of amides is 4. The maximum Gasteiger partial charge on any atom is 0.319 e. The van der Waals surface area contributed by atoms with Crippen molar-refractivity contribution in [1.82, 2.24) is 15.8 Å². The highest BCUT2D eigenvalue weighted by Gasteiger charge is 2.16. The average Bonchev–Trinajstić information content (AvgIpc) is 3.09. The van der Waals surface area contributed by atoms with E-state index in [9.17, 15) is 14.4 Å². The van der Waals surface area contributed by atoms with Gasteiger partial charge in [0.2, 0.25) is 11.8 Å². The second kappa shape index (κ2) is 11.2. The largest absolute Gasteiger partial charge is 0.360 e. The Morgan fingerprint density at radius 3 is 2.40 bits per heavy atom. The molecular formula is C20H27N5O4S. The van der Waals surface area contributed by atoms with Crippen molar-refractivity contribution in [2.75, 3.05) is 16.4 Å². The van der Waals surface area contributed by atoms with Crippen molar-refractivity contribution >= 4 is 41.1 Å². The first kappa shape index (κ1) is 23.3. The Kier molecular flexibility index (Phi) is 8.72. The number of rotatable bonds is 9. The molecule has 4 N–H and O–H groups in total. The molecule has 162 valence electrons. The highest BCUT2D eigenvalue weighted by atomic mass is 32.2. The molecule has 0 saturated carbocycles. The van der Waals surface area contributed by atoms with Crippen molar-refractivity contribution in [3.8, 4) is 0 Å². The van der Waals surface area contributed by atoms with Crippen LogP contribution in [0.25, 0.3) is 0 Å². The summed E-state index contributed by atoms with van der Waals surface area (Å²) in [6.45, 7) is 7.58. The van der Waals surface area contributed by atoms with Crippen LogP contribution in [0.2, 0.25) is 0 Å². The Labute approximate surface area is 179 Å². The molecule has 0 saturated heterocycles. The summed E-state index contributed by atoms with van der Waals surface area (Å²) in [7, 11) is 0. The lowest BCUT2D eigenvalue weighted by atomic mass is 10.2. The molecule has 0 bridgehead atoms. The van der Waals surface area contributed by atoms with Crippen LogP contribution in [0.4, 0.5) is 16.3 Å². The zero-order chi connectivity index (χ0) is 22.1. The smallest absolute Gasteiger partial charge is 0.319 e. The maximum absolute atomic E-state index is 12.1. The molecule has 1 aromatic carbocycles. The van der Waals surface area contributed by atoms with Gasteiger partial charge in [-0.1, -0.05) is 17.3 Å². The molecule has 1 aromatic heterocycles. The topological polar surface area (TPSA) is 125 Å². The summed E-state index contributed by atoms with van der Waals surface area (Å²) in [5, 5.41) is 14.2. The monoisotopic (exact) mass is 433 g/mol. The number of anilines is 2. The molecule has 1 unspecified atom stereocenters. The minimum atomic E-state index is -0.421. The molecule has 0 radical (unpaired) electrons. The van der Waals surface area contributed by atoms with Gasteiger partial charge in [-0.25, -0.2) is 4.79 Å². The van der Waals surface area contributed by atoms with Gasteiger partial charge in [-0.2, -0.15) is 0 Å². The second-order valence-electron chi connectivity index (χ2n) is 6.99. The normalized spacial score (nSPS) is 11.6. The predicted molar refractivity (Wildman–Crippen MR) is 117 cm³/mol. The molecular weight excluding hydrogens is 406 g/mol. The van der Waals surface area contributed by atoms with Crippen LogP contribution in [0.1, 0.15) is 32.1 Å². The fourth-order valence-electron chi connectivity index (χ4n) is 2.32. The molecule has 0 aliphatic carbocycles. The molecule has 0 aliphatic heterocycles. The zero-order valence-electron chi connectivity index (χ0n) is 17.4. The van der Waals surface area contributed by atoms with Crippen LogP contribution >= 0.6 is 11.8 Å². The minimum Gasteiger partial charge on any atom is -0.360 e. The number of carbonyl (C=O) groups excluding carboxylic acids is 3. The van der Waals surface area contributed by atoms with Crippen LogP contribution in [0.3, 0.4) is 0 Å². The molecule has 1 heterocycles. The van der Waals surface area contributed by atoms with Gasteiger partial charge in [0, 0.05) is 24.3 Å². The van der Waals surface area contributed by atoms with E-state index < -0.39 is 5.25 Å². The third kappa shape index (κ3) is 8.16. The molecule has 10 heteroatoms. The van der Waals surface area contributed by atoms with Gasteiger partial charge in [0.15, 0.2) is 5.82 Å². The summed E-state index contributed by atoms with van der Waals surface area (Å²) >= 11 is 1.23. The number of carbonyl (C=O) groups is 3. The lowest BCUT2D eigenvalue weighted by molar-refractivity contribution is -0.118. The first-order chi connectivity index (χ1) is 14.2. The van der Waals surface area contributed by atoms with Crippen LogP contribution in [-0.4, -0.2) is 40.0 Å². The highest BCUT2D eigenvalue weighted by molar-refractivity contribution is 8.01. The Morgan fingerprint density at radius 2 is 1.80 bits per heavy atom. The van der Waals surface area contributed by atoms with E-state index in [1.807, 2.05) is 26.0 Å². The number of hydrogen-bond acceptors (Lipinski definition) is 6. The van der Waals surface area contributed by atoms with Gasteiger partial charge in [0.1, 0.15) is 5.76 Å². The number of nitrogens with zero attached hydrogens (tertiary/aromatic N) is 1. The van der Waals surface area contributed by atoms with Gasteiger partial charge < -0.3 is 25.8 Å². The van der Waals surface area contributed by atoms with E-state index in [4.69, 9.17) is 4.52 Å². The van der Waals surface area contributed by atoms with Crippen molar-refractivity contribution in [2.24, 2.45) is 0 Å². The fraction of sp³-hybridized carbons (Fsp3) is 0.400. The van der Waals surface area contributed by atoms with E-state index in [2.05, 4.69) is 26.4 Å². The van der Waals surface area contributed by atoms with Gasteiger partial charge >= 0.3 is 6.03 Å². The minimum absolute atomic E-state index is 0.0534. The lowest BCUT2D eigenvalue weighted by Crippen LogP contribution is -2.34. The number of aromatic nitrogens is 1. The van der Waals surface area contributed by atoms with E-state index in [0.29, 0.717) is 23.8 Å². The third-order valence-corrected chi connectivity index (χ3v) is 4.98. The summed E-state index contributed by atoms with van der Waals surface area (Å²) in [5.41, 5.74) is 1.57. The maximum atomic E-state index is 12.1. The summed E-state index contributed by atoms with van der Waals surface area (Å²) in [4.78, 5) is 35.8. The quantitative estimate of drug-likeness (QED) is 0.482. The lowest BCUT2D eigenvalue weighted by Gasteiger charge is -2.11. The van der Waals surface area contributed by atoms with Crippen molar-refractivity contribution < 1.29 is 18.9 Å². The van der Waals surface area contributed by atoms with Gasteiger partial charge in [-0.05, 0) is 45.4 Å². The van der Waals surface area contributed by atoms with Crippen molar-refractivity contribution in [2.45, 2.75) is 45.5 Å². The molecule has 4 amide bonds. The molecule has 2 aromatic rings. The first-order valence-electron chi connectivity index (χ1n) is 9.52. The summed E-state index contributed by atoms with van der Waals surface area (Å²) in [5.74, 6) is 0.698. The van der Waals surface area contributed by atoms with Crippen LogP contribution in [0.5, 0.6) is 0 Å². The average molecular weight is 434 g/mol. The number of benzene rings is 1. The third-order valence-electron chi connectivity index (χ3n) is 3.83. The molecule has 0 spiro atoms.